The standard InChI is InChI=1S/C24H27FN4O2/c1-15(24(30)28(2)3)29-11-8-16(9-12-29)21-14-20-18(7-10-26-23(20)27-21)19-13-17(25)5-6-22(19)31-4/h5-8,10,13-15H,9,11-12H2,1-4H3,(H,26,27). The molecular weight excluding hydrogens is 395 g/mol. The number of nitrogens with one attached hydrogen (secondary N) is 1. The van der Waals surface area contributed by atoms with Crippen molar-refractivity contribution in [1.82, 2.24) is 19.8 Å². The number of likely N-dealkylation sites (N-methyl/N-ethyl adjacent to an activating group) is 1. The van der Waals surface area contributed by atoms with Crippen LogP contribution in [0.5, 0.6) is 5.75 Å². The first-order valence-electron chi connectivity index (χ1n) is 10.3. The number of rotatable bonds is 5. The Kier molecular flexibility index (Phi) is 5.78. The Bertz CT molecular complexity index is 1150. The molecule has 1 amide bonds. The van der Waals surface area contributed by atoms with Crippen LogP contribution in [0.4, 0.5) is 4.39 Å². The second-order valence-electron chi connectivity index (χ2n) is 8.03. The van der Waals surface area contributed by atoms with Gasteiger partial charge in [0.15, 0.2) is 0 Å². The number of carbonyl (C=O) groups is 1. The minimum atomic E-state index is -0.312. The van der Waals surface area contributed by atoms with Crippen LogP contribution >= 0.6 is 0 Å². The highest BCUT2D eigenvalue weighted by Gasteiger charge is 2.25. The lowest BCUT2D eigenvalue weighted by Crippen LogP contribution is -2.46. The van der Waals surface area contributed by atoms with Crippen molar-refractivity contribution >= 4 is 22.5 Å². The summed E-state index contributed by atoms with van der Waals surface area (Å²) in [6.07, 6.45) is 4.71. The number of carbonyl (C=O) groups excluding carboxylic acids is 1. The number of ether oxygens (including phenoxy) is 1. The fourth-order valence-corrected chi connectivity index (χ4v) is 4.14. The molecule has 1 unspecified atom stereocenters. The highest BCUT2D eigenvalue weighted by molar-refractivity contribution is 5.96. The van der Waals surface area contributed by atoms with Gasteiger partial charge >= 0.3 is 0 Å². The second kappa shape index (κ2) is 8.51. The topological polar surface area (TPSA) is 61.5 Å². The van der Waals surface area contributed by atoms with Gasteiger partial charge in [0.25, 0.3) is 0 Å². The Morgan fingerprint density at radius 1 is 1.26 bits per heavy atom. The molecular formula is C24H27FN4O2. The summed E-state index contributed by atoms with van der Waals surface area (Å²) in [7, 11) is 5.15. The summed E-state index contributed by atoms with van der Waals surface area (Å²) in [5.74, 6) is 0.414. The Morgan fingerprint density at radius 3 is 2.74 bits per heavy atom. The molecule has 31 heavy (non-hydrogen) atoms. The number of pyridine rings is 1. The molecule has 6 nitrogen and oxygen atoms in total. The normalized spacial score (nSPS) is 15.6. The summed E-state index contributed by atoms with van der Waals surface area (Å²) in [5, 5.41) is 0.917. The van der Waals surface area contributed by atoms with Crippen molar-refractivity contribution in [1.29, 1.82) is 0 Å². The molecule has 1 N–H and O–H groups in total. The largest absolute Gasteiger partial charge is 0.496 e. The molecule has 1 aromatic carbocycles. The van der Waals surface area contributed by atoms with E-state index in [4.69, 9.17) is 4.74 Å². The molecule has 3 aromatic rings. The summed E-state index contributed by atoms with van der Waals surface area (Å²) < 4.78 is 19.4. The van der Waals surface area contributed by atoms with Crippen LogP contribution in [-0.4, -0.2) is 66.0 Å². The van der Waals surface area contributed by atoms with Gasteiger partial charge in [-0.3, -0.25) is 9.69 Å². The highest BCUT2D eigenvalue weighted by Crippen LogP contribution is 2.36. The highest BCUT2D eigenvalue weighted by atomic mass is 19.1. The number of halogens is 1. The number of hydrogen-bond acceptors (Lipinski definition) is 4. The summed E-state index contributed by atoms with van der Waals surface area (Å²) >= 11 is 0. The lowest BCUT2D eigenvalue weighted by molar-refractivity contribution is -0.133. The van der Waals surface area contributed by atoms with Gasteiger partial charge in [0, 0.05) is 50.0 Å². The van der Waals surface area contributed by atoms with E-state index in [1.165, 1.54) is 17.7 Å². The molecule has 162 valence electrons. The Balaban J connectivity index is 1.65. The van der Waals surface area contributed by atoms with Gasteiger partial charge in [-0.1, -0.05) is 6.08 Å². The van der Waals surface area contributed by atoms with E-state index in [0.29, 0.717) is 17.9 Å². The Hall–Kier alpha value is -3.19. The zero-order valence-electron chi connectivity index (χ0n) is 18.3. The molecule has 0 saturated carbocycles. The quantitative estimate of drug-likeness (QED) is 0.677. The average molecular weight is 423 g/mol. The van der Waals surface area contributed by atoms with E-state index in [1.54, 1.807) is 38.4 Å². The molecule has 2 aromatic heterocycles. The lowest BCUT2D eigenvalue weighted by atomic mass is 10.0. The maximum Gasteiger partial charge on any atom is 0.239 e. The monoisotopic (exact) mass is 422 g/mol. The first kappa shape index (κ1) is 21.1. The summed E-state index contributed by atoms with van der Waals surface area (Å²) in [5.41, 5.74) is 4.50. The molecule has 4 rings (SSSR count). The maximum atomic E-state index is 14.0. The third-order valence-corrected chi connectivity index (χ3v) is 5.92. The minimum Gasteiger partial charge on any atom is -0.496 e. The molecule has 0 aliphatic carbocycles. The number of aromatic nitrogens is 2. The van der Waals surface area contributed by atoms with Crippen LogP contribution in [0.1, 0.15) is 19.0 Å². The number of amides is 1. The number of aromatic amines is 1. The van der Waals surface area contributed by atoms with Crippen LogP contribution in [0.25, 0.3) is 27.7 Å². The molecule has 0 radical (unpaired) electrons. The van der Waals surface area contributed by atoms with Gasteiger partial charge in [-0.2, -0.15) is 0 Å². The van der Waals surface area contributed by atoms with Gasteiger partial charge < -0.3 is 14.6 Å². The van der Waals surface area contributed by atoms with Crippen molar-refractivity contribution in [3.63, 3.8) is 0 Å². The third kappa shape index (κ3) is 4.05. The number of nitrogens with zero attached hydrogens (tertiary/aromatic N) is 3. The van der Waals surface area contributed by atoms with Crippen LogP contribution in [0, 0.1) is 5.82 Å². The Morgan fingerprint density at radius 2 is 2.06 bits per heavy atom. The van der Waals surface area contributed by atoms with E-state index >= 15 is 0 Å². The SMILES string of the molecule is COc1ccc(F)cc1-c1ccnc2[nH]c(C3=CCN(C(C)C(=O)N(C)C)CC3)cc12. The predicted octanol–water partition coefficient (Wildman–Crippen LogP) is 3.94. The van der Waals surface area contributed by atoms with Gasteiger partial charge in [0.1, 0.15) is 17.2 Å². The van der Waals surface area contributed by atoms with E-state index in [2.05, 4.69) is 27.0 Å². The van der Waals surface area contributed by atoms with Crippen molar-refractivity contribution in [3.05, 3.63) is 54.1 Å². The molecule has 0 spiro atoms. The Labute approximate surface area is 181 Å². The van der Waals surface area contributed by atoms with Crippen molar-refractivity contribution in [3.8, 4) is 16.9 Å². The fraction of sp³-hybridized carbons (Fsp3) is 0.333. The van der Waals surface area contributed by atoms with E-state index < -0.39 is 0 Å². The fourth-order valence-electron chi connectivity index (χ4n) is 4.14. The van der Waals surface area contributed by atoms with Crippen LogP contribution in [-0.2, 0) is 4.79 Å². The van der Waals surface area contributed by atoms with E-state index in [1.807, 2.05) is 13.0 Å². The van der Waals surface area contributed by atoms with Crippen molar-refractivity contribution in [2.75, 3.05) is 34.3 Å². The third-order valence-electron chi connectivity index (χ3n) is 5.92. The molecule has 0 fully saturated rings. The average Bonchev–Trinajstić information content (AvgIpc) is 3.22. The molecule has 0 saturated heterocycles. The van der Waals surface area contributed by atoms with Crippen molar-refractivity contribution in [2.24, 2.45) is 0 Å². The van der Waals surface area contributed by atoms with E-state index in [-0.39, 0.29) is 17.8 Å². The number of hydrogen-bond donors (Lipinski definition) is 1. The van der Waals surface area contributed by atoms with Crippen LogP contribution in [0.2, 0.25) is 0 Å². The first-order valence-corrected chi connectivity index (χ1v) is 10.3. The van der Waals surface area contributed by atoms with E-state index in [0.717, 1.165) is 35.3 Å². The maximum absolute atomic E-state index is 14.0. The summed E-state index contributed by atoms with van der Waals surface area (Å²) in [4.78, 5) is 24.0. The van der Waals surface area contributed by atoms with Crippen LogP contribution in [0.15, 0.2) is 42.6 Å². The van der Waals surface area contributed by atoms with Gasteiger partial charge in [-0.05, 0) is 54.8 Å². The summed E-state index contributed by atoms with van der Waals surface area (Å²) in [6, 6.07) is 8.31. The lowest BCUT2D eigenvalue weighted by Gasteiger charge is -2.32. The smallest absolute Gasteiger partial charge is 0.239 e. The van der Waals surface area contributed by atoms with Gasteiger partial charge in [0.05, 0.1) is 13.2 Å². The zero-order chi connectivity index (χ0) is 22.1. The number of fused-ring (bicyclic) bond motifs is 1. The molecule has 1 aliphatic heterocycles. The van der Waals surface area contributed by atoms with Gasteiger partial charge in [-0.25, -0.2) is 9.37 Å². The molecule has 1 atom stereocenters. The van der Waals surface area contributed by atoms with Crippen molar-refractivity contribution < 1.29 is 13.9 Å². The number of benzene rings is 1. The molecule has 7 heteroatoms. The van der Waals surface area contributed by atoms with Crippen LogP contribution in [0.3, 0.4) is 0 Å². The molecule has 3 heterocycles. The molecule has 1 aliphatic rings. The molecule has 0 bridgehead atoms. The van der Waals surface area contributed by atoms with E-state index in [9.17, 15) is 9.18 Å². The minimum absolute atomic E-state index is 0.111. The summed E-state index contributed by atoms with van der Waals surface area (Å²) in [6.45, 7) is 3.47. The van der Waals surface area contributed by atoms with Crippen molar-refractivity contribution in [2.45, 2.75) is 19.4 Å². The first-order chi connectivity index (χ1) is 14.9. The predicted molar refractivity (Wildman–Crippen MR) is 120 cm³/mol. The second-order valence-corrected chi connectivity index (χ2v) is 8.03. The number of H-pyrrole nitrogens is 1. The zero-order valence-corrected chi connectivity index (χ0v) is 18.3. The van der Waals surface area contributed by atoms with Gasteiger partial charge in [0.2, 0.25) is 5.91 Å². The van der Waals surface area contributed by atoms with Gasteiger partial charge in [-0.15, -0.1) is 0 Å². The van der Waals surface area contributed by atoms with Crippen LogP contribution < -0.4 is 4.74 Å². The number of methoxy groups -OCH3 is 1.